The third kappa shape index (κ3) is 3.51. The Kier molecular flexibility index (Phi) is 4.11. The Morgan fingerprint density at radius 1 is 1.53 bits per heavy atom. The Morgan fingerprint density at radius 2 is 2.32 bits per heavy atom. The minimum atomic E-state index is -1.04. The van der Waals surface area contributed by atoms with E-state index in [-0.39, 0.29) is 25.0 Å². The first-order valence-corrected chi connectivity index (χ1v) is 6.11. The van der Waals surface area contributed by atoms with Crippen LogP contribution in [-0.2, 0) is 20.7 Å². The van der Waals surface area contributed by atoms with Crippen LogP contribution in [0.25, 0.3) is 0 Å². The van der Waals surface area contributed by atoms with Crippen LogP contribution in [0.5, 0.6) is 0 Å². The van der Waals surface area contributed by atoms with Gasteiger partial charge < -0.3 is 14.7 Å². The summed E-state index contributed by atoms with van der Waals surface area (Å²) >= 11 is 0. The van der Waals surface area contributed by atoms with Gasteiger partial charge in [-0.1, -0.05) is 6.07 Å². The van der Waals surface area contributed by atoms with Gasteiger partial charge in [-0.2, -0.15) is 0 Å². The zero-order valence-corrected chi connectivity index (χ0v) is 10.7. The highest BCUT2D eigenvalue weighted by atomic mass is 16.5. The van der Waals surface area contributed by atoms with Crippen molar-refractivity contribution in [1.82, 2.24) is 9.88 Å². The van der Waals surface area contributed by atoms with Gasteiger partial charge >= 0.3 is 5.97 Å². The molecule has 1 aliphatic rings. The number of carbonyl (C=O) groups is 2. The van der Waals surface area contributed by atoms with E-state index in [0.29, 0.717) is 6.54 Å². The first-order chi connectivity index (χ1) is 9.06. The van der Waals surface area contributed by atoms with E-state index in [4.69, 9.17) is 9.84 Å². The van der Waals surface area contributed by atoms with E-state index in [1.165, 1.54) is 0 Å². The molecular weight excluding hydrogens is 248 g/mol. The second-order valence-electron chi connectivity index (χ2n) is 4.61. The largest absolute Gasteiger partial charge is 0.479 e. The zero-order chi connectivity index (χ0) is 13.8. The van der Waals surface area contributed by atoms with Crippen LogP contribution in [0.2, 0.25) is 0 Å². The van der Waals surface area contributed by atoms with Gasteiger partial charge in [0.15, 0.2) is 6.10 Å². The van der Waals surface area contributed by atoms with Crippen molar-refractivity contribution in [2.45, 2.75) is 25.6 Å². The zero-order valence-electron chi connectivity index (χ0n) is 10.7. The highest BCUT2D eigenvalue weighted by Gasteiger charge is 2.32. The van der Waals surface area contributed by atoms with E-state index in [2.05, 4.69) is 4.98 Å². The van der Waals surface area contributed by atoms with Crippen molar-refractivity contribution in [2.75, 3.05) is 13.1 Å². The number of aromatic nitrogens is 1. The molecule has 0 radical (unpaired) electrons. The van der Waals surface area contributed by atoms with Gasteiger partial charge in [-0.15, -0.1) is 0 Å². The van der Waals surface area contributed by atoms with Crippen molar-refractivity contribution in [3.05, 3.63) is 30.1 Å². The van der Waals surface area contributed by atoms with Crippen LogP contribution in [0.15, 0.2) is 24.5 Å². The maximum absolute atomic E-state index is 12.1. The number of rotatable bonds is 3. The van der Waals surface area contributed by atoms with Crippen LogP contribution < -0.4 is 0 Å². The number of pyridine rings is 1. The van der Waals surface area contributed by atoms with Crippen molar-refractivity contribution >= 4 is 11.9 Å². The number of carboxylic acids is 1. The fraction of sp³-hybridized carbons (Fsp3) is 0.462. The van der Waals surface area contributed by atoms with Gasteiger partial charge in [0.1, 0.15) is 0 Å². The van der Waals surface area contributed by atoms with E-state index in [1.54, 1.807) is 30.3 Å². The van der Waals surface area contributed by atoms with Gasteiger partial charge in [0, 0.05) is 18.9 Å². The minimum Gasteiger partial charge on any atom is -0.479 e. The van der Waals surface area contributed by atoms with Crippen LogP contribution in [0.1, 0.15) is 12.5 Å². The maximum atomic E-state index is 12.1. The normalized spacial score (nSPS) is 23.1. The van der Waals surface area contributed by atoms with Gasteiger partial charge in [0.2, 0.25) is 5.91 Å². The second-order valence-corrected chi connectivity index (χ2v) is 4.61. The fourth-order valence-electron chi connectivity index (χ4n) is 2.08. The van der Waals surface area contributed by atoms with Crippen LogP contribution in [-0.4, -0.2) is 52.2 Å². The number of amides is 1. The Balaban J connectivity index is 2.00. The molecule has 0 bridgehead atoms. The standard InChI is InChI=1S/C13H16N2O4/c1-9-7-15(8-11(19-9)13(17)18)12(16)5-10-3-2-4-14-6-10/h2-4,6,9,11H,5,7-8H2,1H3,(H,17,18)/t9-,11-/m1/s1. The van der Waals surface area contributed by atoms with Crippen LogP contribution in [0, 0.1) is 0 Å². The minimum absolute atomic E-state index is 0.0960. The lowest BCUT2D eigenvalue weighted by Crippen LogP contribution is -2.52. The smallest absolute Gasteiger partial charge is 0.334 e. The van der Waals surface area contributed by atoms with E-state index >= 15 is 0 Å². The Hall–Kier alpha value is -1.95. The molecule has 2 heterocycles. The molecule has 0 saturated carbocycles. The van der Waals surface area contributed by atoms with Crippen molar-refractivity contribution in [3.63, 3.8) is 0 Å². The summed E-state index contributed by atoms with van der Waals surface area (Å²) in [4.78, 5) is 28.6. The van der Waals surface area contributed by atoms with Crippen LogP contribution >= 0.6 is 0 Å². The fourth-order valence-corrected chi connectivity index (χ4v) is 2.08. The number of aliphatic carboxylic acids is 1. The lowest BCUT2D eigenvalue weighted by Gasteiger charge is -2.35. The molecule has 0 aliphatic carbocycles. The molecule has 2 atom stereocenters. The van der Waals surface area contributed by atoms with Gasteiger partial charge in [-0.25, -0.2) is 4.79 Å². The molecule has 0 spiro atoms. The molecule has 1 aliphatic heterocycles. The number of nitrogens with zero attached hydrogens (tertiary/aromatic N) is 2. The topological polar surface area (TPSA) is 79.7 Å². The maximum Gasteiger partial charge on any atom is 0.334 e. The number of hydrogen-bond acceptors (Lipinski definition) is 4. The summed E-state index contributed by atoms with van der Waals surface area (Å²) in [6.07, 6.45) is 2.29. The Bertz CT molecular complexity index is 463. The van der Waals surface area contributed by atoms with Crippen molar-refractivity contribution in [1.29, 1.82) is 0 Å². The third-order valence-electron chi connectivity index (χ3n) is 2.97. The molecule has 19 heavy (non-hydrogen) atoms. The molecule has 2 rings (SSSR count). The SMILES string of the molecule is C[C@@H]1CN(C(=O)Cc2cccnc2)C[C@H](C(=O)O)O1. The number of morpholine rings is 1. The molecule has 0 unspecified atom stereocenters. The summed E-state index contributed by atoms with van der Waals surface area (Å²) in [6, 6.07) is 3.59. The van der Waals surface area contributed by atoms with Gasteiger partial charge in [0.05, 0.1) is 19.1 Å². The molecule has 1 aromatic heterocycles. The summed E-state index contributed by atoms with van der Waals surface area (Å²) in [7, 11) is 0. The lowest BCUT2D eigenvalue weighted by atomic mass is 10.1. The average molecular weight is 264 g/mol. The molecule has 0 aromatic carbocycles. The summed E-state index contributed by atoms with van der Waals surface area (Å²) in [6.45, 7) is 2.28. The number of ether oxygens (including phenoxy) is 1. The Morgan fingerprint density at radius 3 is 2.95 bits per heavy atom. The molecule has 1 fully saturated rings. The molecule has 6 heteroatoms. The van der Waals surface area contributed by atoms with Gasteiger partial charge in [0.25, 0.3) is 0 Å². The van der Waals surface area contributed by atoms with Crippen LogP contribution in [0.3, 0.4) is 0 Å². The highest BCUT2D eigenvalue weighted by molar-refractivity contribution is 5.80. The number of carbonyl (C=O) groups excluding carboxylic acids is 1. The predicted molar refractivity (Wildman–Crippen MR) is 66.5 cm³/mol. The quantitative estimate of drug-likeness (QED) is 0.850. The number of carboxylic acid groups (broad SMARTS) is 1. The summed E-state index contributed by atoms with van der Waals surface area (Å²) in [5.74, 6) is -1.14. The summed E-state index contributed by atoms with van der Waals surface area (Å²) in [5, 5.41) is 8.97. The summed E-state index contributed by atoms with van der Waals surface area (Å²) in [5.41, 5.74) is 0.818. The van der Waals surface area contributed by atoms with E-state index in [9.17, 15) is 9.59 Å². The highest BCUT2D eigenvalue weighted by Crippen LogP contribution is 2.13. The molecular formula is C13H16N2O4. The first-order valence-electron chi connectivity index (χ1n) is 6.11. The lowest BCUT2D eigenvalue weighted by molar-refractivity contribution is -0.166. The van der Waals surface area contributed by atoms with Gasteiger partial charge in [-0.05, 0) is 18.6 Å². The average Bonchev–Trinajstić information content (AvgIpc) is 2.39. The molecule has 1 amide bonds. The Labute approximate surface area is 111 Å². The molecule has 1 aromatic rings. The first kappa shape index (κ1) is 13.5. The number of hydrogen-bond donors (Lipinski definition) is 1. The molecule has 1 N–H and O–H groups in total. The van der Waals surface area contributed by atoms with E-state index < -0.39 is 12.1 Å². The van der Waals surface area contributed by atoms with Crippen molar-refractivity contribution in [3.8, 4) is 0 Å². The monoisotopic (exact) mass is 264 g/mol. The second kappa shape index (κ2) is 5.79. The molecule has 1 saturated heterocycles. The summed E-state index contributed by atoms with van der Waals surface area (Å²) < 4.78 is 5.27. The van der Waals surface area contributed by atoms with E-state index in [0.717, 1.165) is 5.56 Å². The van der Waals surface area contributed by atoms with Crippen molar-refractivity contribution < 1.29 is 19.4 Å². The predicted octanol–water partition coefficient (Wildman–Crippen LogP) is 0.325. The van der Waals surface area contributed by atoms with E-state index in [1.807, 2.05) is 6.07 Å². The van der Waals surface area contributed by atoms with Gasteiger partial charge in [-0.3, -0.25) is 9.78 Å². The molecule has 102 valence electrons. The molecule has 6 nitrogen and oxygen atoms in total. The van der Waals surface area contributed by atoms with Crippen molar-refractivity contribution in [2.24, 2.45) is 0 Å². The third-order valence-corrected chi connectivity index (χ3v) is 2.97. The van der Waals surface area contributed by atoms with Crippen LogP contribution in [0.4, 0.5) is 0 Å².